The van der Waals surface area contributed by atoms with Crippen LogP contribution in [-0.4, -0.2) is 12.3 Å². The van der Waals surface area contributed by atoms with Gasteiger partial charge in [0.2, 0.25) is 0 Å². The lowest BCUT2D eigenvalue weighted by molar-refractivity contribution is 0.276. The predicted molar refractivity (Wildman–Crippen MR) is 37.6 cm³/mol. The Hall–Kier alpha value is -0.500. The standard InChI is InChI=1S/C6H8ClNO/c1-9-5-2-3-6(7)8-4-5/h4H,2-3H2,1H3. The molecule has 0 saturated heterocycles. The van der Waals surface area contributed by atoms with E-state index in [-0.39, 0.29) is 0 Å². The summed E-state index contributed by atoms with van der Waals surface area (Å²) in [6, 6.07) is 0. The molecule has 1 rings (SSSR count). The molecule has 2 nitrogen and oxygen atoms in total. The van der Waals surface area contributed by atoms with Gasteiger partial charge in [0.25, 0.3) is 0 Å². The van der Waals surface area contributed by atoms with Gasteiger partial charge >= 0.3 is 0 Å². The maximum atomic E-state index is 5.59. The average molecular weight is 146 g/mol. The second-order valence-corrected chi connectivity index (χ2v) is 2.24. The number of rotatable bonds is 1. The van der Waals surface area contributed by atoms with Gasteiger partial charge < -0.3 is 4.74 Å². The highest BCUT2D eigenvalue weighted by Crippen LogP contribution is 2.13. The Balaban J connectivity index is 2.59. The van der Waals surface area contributed by atoms with Gasteiger partial charge in [-0.15, -0.1) is 0 Å². The highest BCUT2D eigenvalue weighted by Gasteiger charge is 2.03. The van der Waals surface area contributed by atoms with E-state index < -0.39 is 0 Å². The third kappa shape index (κ3) is 1.72. The molecule has 0 fully saturated rings. The molecule has 50 valence electrons. The van der Waals surface area contributed by atoms with Crippen LogP contribution in [0.15, 0.2) is 17.0 Å². The topological polar surface area (TPSA) is 21.6 Å². The third-order valence-electron chi connectivity index (χ3n) is 1.19. The first-order valence-corrected chi connectivity index (χ1v) is 3.16. The van der Waals surface area contributed by atoms with Crippen LogP contribution in [0.5, 0.6) is 0 Å². The Morgan fingerprint density at radius 1 is 1.67 bits per heavy atom. The summed E-state index contributed by atoms with van der Waals surface area (Å²) in [5, 5.41) is 0.663. The Labute approximate surface area is 59.2 Å². The van der Waals surface area contributed by atoms with Crippen LogP contribution < -0.4 is 0 Å². The zero-order chi connectivity index (χ0) is 6.69. The molecular formula is C6H8ClNO. The van der Waals surface area contributed by atoms with Gasteiger partial charge in [-0.3, -0.25) is 0 Å². The van der Waals surface area contributed by atoms with E-state index in [0.717, 1.165) is 18.6 Å². The molecule has 1 aliphatic heterocycles. The van der Waals surface area contributed by atoms with Crippen molar-refractivity contribution >= 4 is 16.8 Å². The maximum Gasteiger partial charge on any atom is 0.114 e. The minimum atomic E-state index is 0.663. The van der Waals surface area contributed by atoms with E-state index >= 15 is 0 Å². The molecule has 0 spiro atoms. The molecule has 1 aliphatic rings. The van der Waals surface area contributed by atoms with Crippen molar-refractivity contribution in [3.63, 3.8) is 0 Å². The molecule has 9 heavy (non-hydrogen) atoms. The molecule has 0 aromatic heterocycles. The van der Waals surface area contributed by atoms with Crippen LogP contribution in [0, 0.1) is 0 Å². The number of methoxy groups -OCH3 is 1. The molecule has 0 bridgehead atoms. The Morgan fingerprint density at radius 3 is 2.89 bits per heavy atom. The Kier molecular flexibility index (Phi) is 2.11. The summed E-state index contributed by atoms with van der Waals surface area (Å²) in [5.74, 6) is 0.902. The minimum Gasteiger partial charge on any atom is -0.499 e. The number of halogens is 1. The number of hydrogen-bond acceptors (Lipinski definition) is 2. The van der Waals surface area contributed by atoms with Crippen LogP contribution in [0.2, 0.25) is 0 Å². The van der Waals surface area contributed by atoms with Gasteiger partial charge in [0.15, 0.2) is 0 Å². The smallest absolute Gasteiger partial charge is 0.114 e. The SMILES string of the molecule is COC1=CN=C(Cl)CC1. The largest absolute Gasteiger partial charge is 0.499 e. The minimum absolute atomic E-state index is 0.663. The van der Waals surface area contributed by atoms with Crippen LogP contribution >= 0.6 is 11.6 Å². The second kappa shape index (κ2) is 2.87. The lowest BCUT2D eigenvalue weighted by Gasteiger charge is -2.07. The van der Waals surface area contributed by atoms with Crippen molar-refractivity contribution in [3.05, 3.63) is 12.0 Å². The molecule has 0 saturated carbocycles. The number of allylic oxidation sites excluding steroid dienone is 1. The quantitative estimate of drug-likeness (QED) is 0.552. The molecule has 1 heterocycles. The van der Waals surface area contributed by atoms with E-state index in [1.54, 1.807) is 13.3 Å². The first kappa shape index (κ1) is 6.62. The van der Waals surface area contributed by atoms with Crippen molar-refractivity contribution in [3.8, 4) is 0 Å². The Bertz CT molecular complexity index is 162. The molecule has 0 N–H and O–H groups in total. The number of aliphatic imine (C=N–C) groups is 1. The van der Waals surface area contributed by atoms with E-state index in [9.17, 15) is 0 Å². The van der Waals surface area contributed by atoms with Gasteiger partial charge in [0, 0.05) is 12.8 Å². The molecule has 0 aromatic carbocycles. The van der Waals surface area contributed by atoms with Crippen molar-refractivity contribution in [2.75, 3.05) is 7.11 Å². The van der Waals surface area contributed by atoms with Crippen LogP contribution in [-0.2, 0) is 4.74 Å². The van der Waals surface area contributed by atoms with E-state index in [2.05, 4.69) is 4.99 Å². The summed E-state index contributed by atoms with van der Waals surface area (Å²) in [4.78, 5) is 3.88. The first-order valence-electron chi connectivity index (χ1n) is 2.78. The average Bonchev–Trinajstić information content (AvgIpc) is 1.90. The molecule has 0 atom stereocenters. The highest BCUT2D eigenvalue weighted by molar-refractivity contribution is 6.65. The van der Waals surface area contributed by atoms with Gasteiger partial charge in [0.05, 0.1) is 13.3 Å². The third-order valence-corrected chi connectivity index (χ3v) is 1.48. The normalized spacial score (nSPS) is 18.4. The van der Waals surface area contributed by atoms with Gasteiger partial charge in [-0.25, -0.2) is 4.99 Å². The molecule has 0 amide bonds. The lowest BCUT2D eigenvalue weighted by Crippen LogP contribution is -1.97. The van der Waals surface area contributed by atoms with Crippen molar-refractivity contribution in [1.29, 1.82) is 0 Å². The van der Waals surface area contributed by atoms with Crippen molar-refractivity contribution in [2.45, 2.75) is 12.8 Å². The summed E-state index contributed by atoms with van der Waals surface area (Å²) >= 11 is 5.59. The molecule has 0 radical (unpaired) electrons. The summed E-state index contributed by atoms with van der Waals surface area (Å²) in [7, 11) is 1.64. The molecular weight excluding hydrogens is 138 g/mol. The summed E-state index contributed by atoms with van der Waals surface area (Å²) < 4.78 is 4.93. The summed E-state index contributed by atoms with van der Waals surface area (Å²) in [6.07, 6.45) is 3.34. The predicted octanol–water partition coefficient (Wildman–Crippen LogP) is 1.91. The van der Waals surface area contributed by atoms with Crippen LogP contribution in [0.3, 0.4) is 0 Å². The second-order valence-electron chi connectivity index (χ2n) is 1.80. The summed E-state index contributed by atoms with van der Waals surface area (Å²) in [6.45, 7) is 0. The highest BCUT2D eigenvalue weighted by atomic mass is 35.5. The molecule has 3 heteroatoms. The number of ether oxygens (including phenoxy) is 1. The van der Waals surface area contributed by atoms with E-state index in [0.29, 0.717) is 5.17 Å². The van der Waals surface area contributed by atoms with E-state index in [1.165, 1.54) is 0 Å². The molecule has 0 aliphatic carbocycles. The number of nitrogens with zero attached hydrogens (tertiary/aromatic N) is 1. The van der Waals surface area contributed by atoms with Gasteiger partial charge in [-0.1, -0.05) is 11.6 Å². The van der Waals surface area contributed by atoms with Crippen molar-refractivity contribution in [2.24, 2.45) is 4.99 Å². The molecule has 0 unspecified atom stereocenters. The van der Waals surface area contributed by atoms with Gasteiger partial charge in [0.1, 0.15) is 10.9 Å². The zero-order valence-electron chi connectivity index (χ0n) is 5.22. The van der Waals surface area contributed by atoms with Crippen molar-refractivity contribution in [1.82, 2.24) is 0 Å². The number of hydrogen-bond donors (Lipinski definition) is 0. The van der Waals surface area contributed by atoms with Crippen LogP contribution in [0.4, 0.5) is 0 Å². The summed E-state index contributed by atoms with van der Waals surface area (Å²) in [5.41, 5.74) is 0. The van der Waals surface area contributed by atoms with Gasteiger partial charge in [-0.2, -0.15) is 0 Å². The first-order chi connectivity index (χ1) is 4.33. The Morgan fingerprint density at radius 2 is 2.44 bits per heavy atom. The van der Waals surface area contributed by atoms with Gasteiger partial charge in [-0.05, 0) is 0 Å². The fourth-order valence-electron chi connectivity index (χ4n) is 0.652. The van der Waals surface area contributed by atoms with Crippen LogP contribution in [0.1, 0.15) is 12.8 Å². The van der Waals surface area contributed by atoms with E-state index in [4.69, 9.17) is 16.3 Å². The van der Waals surface area contributed by atoms with Crippen LogP contribution in [0.25, 0.3) is 0 Å². The fraction of sp³-hybridized carbons (Fsp3) is 0.500. The molecule has 0 aromatic rings. The van der Waals surface area contributed by atoms with Crippen molar-refractivity contribution < 1.29 is 4.74 Å². The monoisotopic (exact) mass is 145 g/mol. The zero-order valence-corrected chi connectivity index (χ0v) is 5.98. The van der Waals surface area contributed by atoms with E-state index in [1.807, 2.05) is 0 Å². The lowest BCUT2D eigenvalue weighted by atomic mass is 10.2. The maximum absolute atomic E-state index is 5.59. The fourth-order valence-corrected chi connectivity index (χ4v) is 0.796.